The van der Waals surface area contributed by atoms with E-state index in [4.69, 9.17) is 0 Å². The van der Waals surface area contributed by atoms with Crippen LogP contribution in [0.15, 0.2) is 66.3 Å². The standard InChI is InChI=1S/C19H17N3O2S/c1-14-10-13-25-17(14)8-9-18(23)20-21-19(24)15-6-2-3-7-16(15)22-11-4-5-12-22/h2-13H,1H3,(H,20,23)(H,21,24)/b9-8+. The van der Waals surface area contributed by atoms with Gasteiger partial charge in [-0.15, -0.1) is 11.3 Å². The molecule has 0 aliphatic rings. The van der Waals surface area contributed by atoms with E-state index < -0.39 is 0 Å². The maximum atomic E-state index is 12.4. The third-order valence-electron chi connectivity index (χ3n) is 3.62. The van der Waals surface area contributed by atoms with Crippen molar-refractivity contribution in [3.63, 3.8) is 0 Å². The first-order chi connectivity index (χ1) is 12.1. The zero-order valence-electron chi connectivity index (χ0n) is 13.6. The van der Waals surface area contributed by atoms with Crippen molar-refractivity contribution in [2.24, 2.45) is 0 Å². The van der Waals surface area contributed by atoms with E-state index >= 15 is 0 Å². The first kappa shape index (κ1) is 16.7. The van der Waals surface area contributed by atoms with Gasteiger partial charge in [0.15, 0.2) is 0 Å². The molecule has 1 aromatic carbocycles. The predicted molar refractivity (Wildman–Crippen MR) is 99.5 cm³/mol. The van der Waals surface area contributed by atoms with Gasteiger partial charge in [0, 0.05) is 23.3 Å². The van der Waals surface area contributed by atoms with E-state index in [0.29, 0.717) is 5.56 Å². The van der Waals surface area contributed by atoms with Gasteiger partial charge in [-0.25, -0.2) is 0 Å². The minimum atomic E-state index is -0.389. The molecule has 0 saturated heterocycles. The highest BCUT2D eigenvalue weighted by Crippen LogP contribution is 2.17. The number of aryl methyl sites for hydroxylation is 1. The van der Waals surface area contributed by atoms with E-state index in [1.165, 1.54) is 6.08 Å². The Bertz CT molecular complexity index is 910. The summed E-state index contributed by atoms with van der Waals surface area (Å²) in [6.45, 7) is 1.98. The first-order valence-electron chi connectivity index (χ1n) is 7.70. The van der Waals surface area contributed by atoms with Crippen LogP contribution in [0.3, 0.4) is 0 Å². The molecular formula is C19H17N3O2S. The lowest BCUT2D eigenvalue weighted by Gasteiger charge is -2.11. The van der Waals surface area contributed by atoms with Gasteiger partial charge in [-0.2, -0.15) is 0 Å². The molecule has 0 spiro atoms. The first-order valence-corrected chi connectivity index (χ1v) is 8.58. The Labute approximate surface area is 149 Å². The molecule has 0 atom stereocenters. The maximum Gasteiger partial charge on any atom is 0.271 e. The fourth-order valence-electron chi connectivity index (χ4n) is 2.32. The highest BCUT2D eigenvalue weighted by atomic mass is 32.1. The van der Waals surface area contributed by atoms with Gasteiger partial charge in [-0.3, -0.25) is 20.4 Å². The fourth-order valence-corrected chi connectivity index (χ4v) is 3.14. The van der Waals surface area contributed by atoms with Crippen molar-refractivity contribution in [1.82, 2.24) is 15.4 Å². The van der Waals surface area contributed by atoms with Gasteiger partial charge in [0.25, 0.3) is 11.8 Å². The summed E-state index contributed by atoms with van der Waals surface area (Å²) in [7, 11) is 0. The van der Waals surface area contributed by atoms with Crippen LogP contribution in [0.25, 0.3) is 11.8 Å². The summed E-state index contributed by atoms with van der Waals surface area (Å²) in [6.07, 6.45) is 6.85. The molecular weight excluding hydrogens is 334 g/mol. The number of nitrogens with zero attached hydrogens (tertiary/aromatic N) is 1. The lowest BCUT2D eigenvalue weighted by molar-refractivity contribution is -0.117. The normalized spacial score (nSPS) is 10.8. The van der Waals surface area contributed by atoms with Gasteiger partial charge in [-0.05, 0) is 54.3 Å². The lowest BCUT2D eigenvalue weighted by atomic mass is 10.1. The summed E-state index contributed by atoms with van der Waals surface area (Å²) in [5, 5.41) is 1.97. The number of amides is 2. The number of hydrogen-bond acceptors (Lipinski definition) is 3. The second-order valence-corrected chi connectivity index (χ2v) is 6.30. The van der Waals surface area contributed by atoms with Crippen LogP contribution in [0.2, 0.25) is 0 Å². The lowest BCUT2D eigenvalue weighted by Crippen LogP contribution is -2.41. The highest BCUT2D eigenvalue weighted by molar-refractivity contribution is 7.11. The Morgan fingerprint density at radius 2 is 1.80 bits per heavy atom. The van der Waals surface area contributed by atoms with Crippen molar-refractivity contribution in [2.75, 3.05) is 0 Å². The summed E-state index contributed by atoms with van der Waals surface area (Å²) in [5.74, 6) is -0.766. The molecule has 0 aliphatic carbocycles. The number of thiophene rings is 1. The number of hydrogen-bond donors (Lipinski definition) is 2. The van der Waals surface area contributed by atoms with Crippen LogP contribution in [0.5, 0.6) is 0 Å². The summed E-state index contributed by atoms with van der Waals surface area (Å²) in [4.78, 5) is 25.3. The van der Waals surface area contributed by atoms with Crippen molar-refractivity contribution in [1.29, 1.82) is 0 Å². The smallest absolute Gasteiger partial charge is 0.271 e. The van der Waals surface area contributed by atoms with Crippen molar-refractivity contribution >= 4 is 29.2 Å². The molecule has 3 aromatic rings. The second-order valence-electron chi connectivity index (χ2n) is 5.35. The second kappa shape index (κ2) is 7.63. The van der Waals surface area contributed by atoms with Crippen LogP contribution in [-0.2, 0) is 4.79 Å². The minimum absolute atomic E-state index is 0.377. The van der Waals surface area contributed by atoms with Gasteiger partial charge < -0.3 is 4.57 Å². The van der Waals surface area contributed by atoms with E-state index in [2.05, 4.69) is 10.9 Å². The minimum Gasteiger partial charge on any atom is -0.323 e. The molecule has 2 aromatic heterocycles. The number of benzene rings is 1. The van der Waals surface area contributed by atoms with E-state index in [-0.39, 0.29) is 11.8 Å². The van der Waals surface area contributed by atoms with Crippen LogP contribution < -0.4 is 10.9 Å². The van der Waals surface area contributed by atoms with Crippen molar-refractivity contribution < 1.29 is 9.59 Å². The molecule has 25 heavy (non-hydrogen) atoms. The molecule has 0 fully saturated rings. The monoisotopic (exact) mass is 351 g/mol. The molecule has 0 radical (unpaired) electrons. The molecule has 0 aliphatic heterocycles. The van der Waals surface area contributed by atoms with Crippen LogP contribution in [-0.4, -0.2) is 16.4 Å². The molecule has 3 rings (SSSR count). The molecule has 6 heteroatoms. The van der Waals surface area contributed by atoms with Crippen LogP contribution in [0.4, 0.5) is 0 Å². The van der Waals surface area contributed by atoms with Crippen molar-refractivity contribution in [3.8, 4) is 5.69 Å². The quantitative estimate of drug-likeness (QED) is 0.559. The van der Waals surface area contributed by atoms with E-state index in [9.17, 15) is 9.59 Å². The zero-order valence-corrected chi connectivity index (χ0v) is 14.4. The number of carbonyl (C=O) groups excluding carboxylic acids is 2. The zero-order chi connectivity index (χ0) is 17.6. The number of hydrazine groups is 1. The molecule has 0 bridgehead atoms. The molecule has 0 unspecified atom stereocenters. The van der Waals surface area contributed by atoms with Crippen molar-refractivity contribution in [2.45, 2.75) is 6.92 Å². The number of carbonyl (C=O) groups is 2. The average molecular weight is 351 g/mol. The van der Waals surface area contributed by atoms with Gasteiger partial charge >= 0.3 is 0 Å². The molecule has 2 amide bonds. The fraction of sp³-hybridized carbons (Fsp3) is 0.0526. The van der Waals surface area contributed by atoms with Crippen LogP contribution in [0.1, 0.15) is 20.8 Å². The maximum absolute atomic E-state index is 12.4. The van der Waals surface area contributed by atoms with E-state index in [0.717, 1.165) is 16.1 Å². The van der Waals surface area contributed by atoms with Gasteiger partial charge in [0.1, 0.15) is 0 Å². The summed E-state index contributed by atoms with van der Waals surface area (Å²) in [6, 6.07) is 12.9. The summed E-state index contributed by atoms with van der Waals surface area (Å²) < 4.78 is 1.84. The Hall–Kier alpha value is -3.12. The topological polar surface area (TPSA) is 63.1 Å². The summed E-state index contributed by atoms with van der Waals surface area (Å²) >= 11 is 1.56. The third-order valence-corrected chi connectivity index (χ3v) is 4.60. The number of nitrogens with one attached hydrogen (secondary N) is 2. The SMILES string of the molecule is Cc1ccsc1/C=C/C(=O)NNC(=O)c1ccccc1-n1cccc1. The van der Waals surface area contributed by atoms with Gasteiger partial charge in [0.2, 0.25) is 0 Å². The average Bonchev–Trinajstić information content (AvgIpc) is 3.29. The Kier molecular flexibility index (Phi) is 5.11. The summed E-state index contributed by atoms with van der Waals surface area (Å²) in [5.41, 5.74) is 7.17. The predicted octanol–water partition coefficient (Wildman–Crippen LogP) is 3.32. The number of aromatic nitrogens is 1. The molecule has 2 heterocycles. The van der Waals surface area contributed by atoms with Crippen LogP contribution in [0, 0.1) is 6.92 Å². The molecule has 5 nitrogen and oxygen atoms in total. The molecule has 0 saturated carbocycles. The third kappa shape index (κ3) is 4.05. The Morgan fingerprint density at radius 3 is 2.52 bits per heavy atom. The van der Waals surface area contributed by atoms with Crippen molar-refractivity contribution in [3.05, 3.63) is 82.3 Å². The van der Waals surface area contributed by atoms with Crippen LogP contribution >= 0.6 is 11.3 Å². The van der Waals surface area contributed by atoms with E-state index in [1.54, 1.807) is 29.5 Å². The van der Waals surface area contributed by atoms with Gasteiger partial charge in [-0.1, -0.05) is 12.1 Å². The Balaban J connectivity index is 1.65. The Morgan fingerprint density at radius 1 is 1.04 bits per heavy atom. The number of para-hydroxylation sites is 1. The van der Waals surface area contributed by atoms with Gasteiger partial charge in [0.05, 0.1) is 11.3 Å². The number of rotatable bonds is 4. The largest absolute Gasteiger partial charge is 0.323 e. The molecule has 126 valence electrons. The molecule has 2 N–H and O–H groups in total. The highest BCUT2D eigenvalue weighted by Gasteiger charge is 2.12. The van der Waals surface area contributed by atoms with E-state index in [1.807, 2.05) is 59.6 Å².